The molecule has 8 heteroatoms. The Morgan fingerprint density at radius 3 is 2.52 bits per heavy atom. The van der Waals surface area contributed by atoms with Crippen LogP contribution in [0.2, 0.25) is 0 Å². The largest absolute Gasteiger partial charge is 0.469 e. The van der Waals surface area contributed by atoms with Crippen LogP contribution in [0.25, 0.3) is 0 Å². The van der Waals surface area contributed by atoms with Gasteiger partial charge in [0.1, 0.15) is 0 Å². The average molecular weight is 341 g/mol. The highest BCUT2D eigenvalue weighted by Gasteiger charge is 2.41. The Morgan fingerprint density at radius 1 is 1.19 bits per heavy atom. The Balaban J connectivity index is 0.00000220. The number of methoxy groups -OCH3 is 1. The fourth-order valence-corrected chi connectivity index (χ4v) is 5.16. The van der Waals surface area contributed by atoms with Gasteiger partial charge in [-0.2, -0.15) is 0 Å². The summed E-state index contributed by atoms with van der Waals surface area (Å²) >= 11 is 0. The molecule has 21 heavy (non-hydrogen) atoms. The monoisotopic (exact) mass is 340 g/mol. The number of nitrogens with one attached hydrogen (secondary N) is 2. The van der Waals surface area contributed by atoms with Crippen molar-refractivity contribution >= 4 is 28.4 Å². The highest BCUT2D eigenvalue weighted by atomic mass is 35.5. The van der Waals surface area contributed by atoms with Crippen molar-refractivity contribution in [2.24, 2.45) is 5.92 Å². The lowest BCUT2D eigenvalue weighted by atomic mass is 9.89. The Labute approximate surface area is 132 Å². The second-order valence-electron chi connectivity index (χ2n) is 5.66. The minimum Gasteiger partial charge on any atom is -0.469 e. The molecule has 1 saturated carbocycles. The molecule has 2 rings (SSSR count). The van der Waals surface area contributed by atoms with Crippen LogP contribution in [0, 0.1) is 5.92 Å². The predicted molar refractivity (Wildman–Crippen MR) is 83.0 cm³/mol. The van der Waals surface area contributed by atoms with E-state index in [2.05, 4.69) is 10.0 Å². The van der Waals surface area contributed by atoms with Crippen molar-refractivity contribution in [3.63, 3.8) is 0 Å². The van der Waals surface area contributed by atoms with Gasteiger partial charge < -0.3 is 10.1 Å². The second-order valence-corrected chi connectivity index (χ2v) is 7.59. The van der Waals surface area contributed by atoms with Crippen molar-refractivity contribution < 1.29 is 17.9 Å². The predicted octanol–water partition coefficient (Wildman–Crippen LogP) is 0.811. The first-order chi connectivity index (χ1) is 9.54. The molecule has 0 aromatic carbocycles. The highest BCUT2D eigenvalue weighted by Crippen LogP contribution is 2.30. The van der Waals surface area contributed by atoms with Gasteiger partial charge in [0, 0.05) is 12.6 Å². The van der Waals surface area contributed by atoms with E-state index in [4.69, 9.17) is 4.74 Å². The van der Waals surface area contributed by atoms with Crippen molar-refractivity contribution in [1.29, 1.82) is 0 Å². The van der Waals surface area contributed by atoms with Gasteiger partial charge in [-0.05, 0) is 32.2 Å². The quantitative estimate of drug-likeness (QED) is 0.740. The number of hydrogen-bond acceptors (Lipinski definition) is 5. The first-order valence-electron chi connectivity index (χ1n) is 7.34. The maximum Gasteiger partial charge on any atom is 0.310 e. The molecular weight excluding hydrogens is 316 g/mol. The number of hydrogen-bond donors (Lipinski definition) is 2. The van der Waals surface area contributed by atoms with Gasteiger partial charge in [0.15, 0.2) is 0 Å². The van der Waals surface area contributed by atoms with E-state index in [1.165, 1.54) is 7.11 Å². The van der Waals surface area contributed by atoms with Crippen LogP contribution in [0.4, 0.5) is 0 Å². The molecule has 124 valence electrons. The fraction of sp³-hybridized carbons (Fsp3) is 0.923. The molecule has 6 nitrogen and oxygen atoms in total. The molecule has 2 N–H and O–H groups in total. The third-order valence-corrected chi connectivity index (χ3v) is 6.26. The van der Waals surface area contributed by atoms with Crippen LogP contribution in [-0.4, -0.2) is 45.9 Å². The minimum absolute atomic E-state index is 0. The Bertz CT molecular complexity index is 437. The molecule has 2 fully saturated rings. The number of esters is 1. The molecule has 1 aliphatic carbocycles. The first-order valence-corrected chi connectivity index (χ1v) is 8.89. The number of piperidine rings is 1. The number of halogens is 1. The van der Waals surface area contributed by atoms with Crippen LogP contribution in [-0.2, 0) is 19.6 Å². The zero-order chi connectivity index (χ0) is 14.6. The molecular formula is C13H25ClN2O4S. The maximum absolute atomic E-state index is 12.5. The van der Waals surface area contributed by atoms with Gasteiger partial charge in [-0.15, -0.1) is 12.4 Å². The van der Waals surface area contributed by atoms with E-state index < -0.39 is 27.2 Å². The van der Waals surface area contributed by atoms with E-state index in [1.54, 1.807) is 0 Å². The number of carbonyl (C=O) groups excluding carboxylic acids is 1. The summed E-state index contributed by atoms with van der Waals surface area (Å²) in [5.41, 5.74) is 0. The average Bonchev–Trinajstić information content (AvgIpc) is 2.47. The van der Waals surface area contributed by atoms with E-state index >= 15 is 0 Å². The van der Waals surface area contributed by atoms with E-state index in [1.807, 2.05) is 0 Å². The van der Waals surface area contributed by atoms with Crippen molar-refractivity contribution in [1.82, 2.24) is 10.0 Å². The molecule has 0 spiro atoms. The van der Waals surface area contributed by atoms with Crippen LogP contribution in [0.3, 0.4) is 0 Å². The van der Waals surface area contributed by atoms with Gasteiger partial charge in [0.25, 0.3) is 0 Å². The molecule has 1 aliphatic heterocycles. The summed E-state index contributed by atoms with van der Waals surface area (Å²) in [7, 11) is -2.16. The van der Waals surface area contributed by atoms with Crippen LogP contribution >= 0.6 is 12.4 Å². The molecule has 3 atom stereocenters. The summed E-state index contributed by atoms with van der Waals surface area (Å²) in [4.78, 5) is 11.8. The molecule has 3 unspecified atom stereocenters. The summed E-state index contributed by atoms with van der Waals surface area (Å²) in [5.74, 6) is -0.926. The number of sulfonamides is 1. The van der Waals surface area contributed by atoms with E-state index in [-0.39, 0.29) is 18.4 Å². The van der Waals surface area contributed by atoms with Crippen LogP contribution in [0.1, 0.15) is 38.5 Å². The van der Waals surface area contributed by atoms with Crippen LogP contribution in [0.15, 0.2) is 0 Å². The minimum atomic E-state index is -3.48. The lowest BCUT2D eigenvalue weighted by Gasteiger charge is -2.32. The Hall–Kier alpha value is -0.370. The SMILES string of the molecule is COC(=O)C1CCCCC1S(=O)(=O)NC1CCCNC1.Cl. The first kappa shape index (κ1) is 18.7. The van der Waals surface area contributed by atoms with Crippen molar-refractivity contribution in [2.75, 3.05) is 20.2 Å². The lowest BCUT2D eigenvalue weighted by molar-refractivity contribution is -0.146. The van der Waals surface area contributed by atoms with Crippen LogP contribution < -0.4 is 10.0 Å². The molecule has 0 bridgehead atoms. The smallest absolute Gasteiger partial charge is 0.310 e. The van der Waals surface area contributed by atoms with Gasteiger partial charge >= 0.3 is 5.97 Å². The summed E-state index contributed by atoms with van der Waals surface area (Å²) in [6.07, 6.45) is 4.69. The van der Waals surface area contributed by atoms with Gasteiger partial charge in [0.2, 0.25) is 10.0 Å². The topological polar surface area (TPSA) is 84.5 Å². The zero-order valence-corrected chi connectivity index (χ0v) is 14.0. The van der Waals surface area contributed by atoms with Gasteiger partial charge in [0.05, 0.1) is 18.3 Å². The number of rotatable bonds is 4. The Kier molecular flexibility index (Phi) is 7.39. The van der Waals surface area contributed by atoms with Gasteiger partial charge in [-0.1, -0.05) is 12.8 Å². The standard InChI is InChI=1S/C13H24N2O4S.ClH/c1-19-13(16)11-6-2-3-7-12(11)20(17,18)15-10-5-4-8-14-9-10;/h10-12,14-15H,2-9H2,1H3;1H. The van der Waals surface area contributed by atoms with Gasteiger partial charge in [-0.25, -0.2) is 13.1 Å². The molecule has 1 heterocycles. The highest BCUT2D eigenvalue weighted by molar-refractivity contribution is 7.90. The normalized spacial score (nSPS) is 30.2. The lowest BCUT2D eigenvalue weighted by Crippen LogP contribution is -2.51. The van der Waals surface area contributed by atoms with Crippen molar-refractivity contribution in [3.05, 3.63) is 0 Å². The molecule has 2 aliphatic rings. The number of ether oxygens (including phenoxy) is 1. The maximum atomic E-state index is 12.5. The number of carbonyl (C=O) groups is 1. The third-order valence-electron chi connectivity index (χ3n) is 4.23. The fourth-order valence-electron chi connectivity index (χ4n) is 3.16. The zero-order valence-electron chi connectivity index (χ0n) is 12.3. The van der Waals surface area contributed by atoms with E-state index in [9.17, 15) is 13.2 Å². The van der Waals surface area contributed by atoms with Crippen molar-refractivity contribution in [2.45, 2.75) is 49.8 Å². The Morgan fingerprint density at radius 2 is 1.90 bits per heavy atom. The molecule has 0 aromatic rings. The summed E-state index contributed by atoms with van der Waals surface area (Å²) in [6, 6.07) is -0.0611. The second kappa shape index (κ2) is 8.31. The van der Waals surface area contributed by atoms with E-state index in [0.29, 0.717) is 19.4 Å². The van der Waals surface area contributed by atoms with Gasteiger partial charge in [-0.3, -0.25) is 4.79 Å². The summed E-state index contributed by atoms with van der Waals surface area (Å²) < 4.78 is 32.6. The molecule has 0 amide bonds. The molecule has 1 saturated heterocycles. The third kappa shape index (κ3) is 4.81. The van der Waals surface area contributed by atoms with Crippen molar-refractivity contribution in [3.8, 4) is 0 Å². The molecule has 0 radical (unpaired) electrons. The van der Waals surface area contributed by atoms with E-state index in [0.717, 1.165) is 32.2 Å². The molecule has 0 aromatic heterocycles. The summed E-state index contributed by atoms with van der Waals surface area (Å²) in [6.45, 7) is 1.60. The summed E-state index contributed by atoms with van der Waals surface area (Å²) in [5, 5.41) is 2.54. The van der Waals surface area contributed by atoms with Crippen LogP contribution in [0.5, 0.6) is 0 Å².